The maximum absolute atomic E-state index is 12.7. The number of nitrogens with one attached hydrogen (secondary N) is 1. The van der Waals surface area contributed by atoms with Crippen molar-refractivity contribution < 1.29 is 27.1 Å². The van der Waals surface area contributed by atoms with Crippen LogP contribution in [0.15, 0.2) is 39.9 Å². The highest BCUT2D eigenvalue weighted by molar-refractivity contribution is 7.91. The summed E-state index contributed by atoms with van der Waals surface area (Å²) in [5, 5.41) is 8.72. The van der Waals surface area contributed by atoms with E-state index in [1.165, 1.54) is 29.6 Å². The molecule has 0 atom stereocenters. The molecule has 1 aromatic heterocycles. The number of benzene rings is 1. The number of hydrogen-bond donors (Lipinski definition) is 2. The number of sulfonamides is 1. The summed E-state index contributed by atoms with van der Waals surface area (Å²) in [4.78, 5) is 23.3. The second kappa shape index (κ2) is 7.51. The molecule has 0 aliphatic rings. The largest absolute Gasteiger partial charge is 0.452 e. The van der Waals surface area contributed by atoms with Gasteiger partial charge in [-0.05, 0) is 23.8 Å². The predicted octanol–water partition coefficient (Wildman–Crippen LogP) is 1.01. The van der Waals surface area contributed by atoms with Gasteiger partial charge < -0.3 is 10.1 Å². The molecule has 0 fully saturated rings. The molecule has 1 aromatic carbocycles. The molecule has 24 heavy (non-hydrogen) atoms. The van der Waals surface area contributed by atoms with Crippen LogP contribution in [0.1, 0.15) is 15.9 Å². The molecule has 1 amide bonds. The van der Waals surface area contributed by atoms with Crippen molar-refractivity contribution >= 4 is 33.2 Å². The lowest BCUT2D eigenvalue weighted by Gasteiger charge is -2.06. The first-order chi connectivity index (χ1) is 11.3. The summed E-state index contributed by atoms with van der Waals surface area (Å²) < 4.78 is 39.6. The fraction of sp³-hybridized carbons (Fsp3) is 0.143. The van der Waals surface area contributed by atoms with Gasteiger partial charge in [0, 0.05) is 11.9 Å². The SMILES string of the molecule is NS(=O)(=O)c1cc(C(=O)OCC(=O)NCc2ccc(F)cc2)cs1. The van der Waals surface area contributed by atoms with Crippen LogP contribution in [-0.4, -0.2) is 26.9 Å². The van der Waals surface area contributed by atoms with Gasteiger partial charge in [0.15, 0.2) is 6.61 Å². The second-order valence-corrected chi connectivity index (χ2v) is 7.38. The first-order valence-electron chi connectivity index (χ1n) is 6.55. The number of halogens is 1. The van der Waals surface area contributed by atoms with E-state index in [1.54, 1.807) is 0 Å². The van der Waals surface area contributed by atoms with Crippen LogP contribution >= 0.6 is 11.3 Å². The zero-order valence-corrected chi connectivity index (χ0v) is 13.8. The van der Waals surface area contributed by atoms with E-state index in [1.807, 2.05) is 0 Å². The highest BCUT2D eigenvalue weighted by Gasteiger charge is 2.17. The first-order valence-corrected chi connectivity index (χ1v) is 8.98. The molecule has 7 nitrogen and oxygen atoms in total. The Morgan fingerprint density at radius 2 is 1.92 bits per heavy atom. The molecule has 0 bridgehead atoms. The average Bonchev–Trinajstić information content (AvgIpc) is 3.02. The van der Waals surface area contributed by atoms with Crippen molar-refractivity contribution in [3.8, 4) is 0 Å². The molecule has 3 N–H and O–H groups in total. The fourth-order valence-electron chi connectivity index (χ4n) is 1.64. The normalized spacial score (nSPS) is 11.1. The van der Waals surface area contributed by atoms with Crippen molar-refractivity contribution in [2.75, 3.05) is 6.61 Å². The number of amides is 1. The third-order valence-electron chi connectivity index (χ3n) is 2.83. The Morgan fingerprint density at radius 1 is 1.25 bits per heavy atom. The van der Waals surface area contributed by atoms with Crippen LogP contribution in [0.25, 0.3) is 0 Å². The summed E-state index contributed by atoms with van der Waals surface area (Å²) >= 11 is 0.783. The van der Waals surface area contributed by atoms with Crippen LogP contribution in [0.4, 0.5) is 4.39 Å². The van der Waals surface area contributed by atoms with Crippen LogP contribution in [0.3, 0.4) is 0 Å². The number of primary sulfonamides is 1. The van der Waals surface area contributed by atoms with E-state index in [0.717, 1.165) is 17.4 Å². The zero-order valence-electron chi connectivity index (χ0n) is 12.2. The summed E-state index contributed by atoms with van der Waals surface area (Å²) in [5.41, 5.74) is 0.682. The lowest BCUT2D eigenvalue weighted by Crippen LogP contribution is -2.28. The number of nitrogens with two attached hydrogens (primary N) is 1. The van der Waals surface area contributed by atoms with Crippen molar-refractivity contribution in [1.82, 2.24) is 5.32 Å². The third-order valence-corrected chi connectivity index (χ3v) is 5.22. The Kier molecular flexibility index (Phi) is 5.65. The molecule has 1 heterocycles. The minimum absolute atomic E-state index is 0.00430. The monoisotopic (exact) mass is 372 g/mol. The molecule has 0 aliphatic heterocycles. The van der Waals surface area contributed by atoms with E-state index in [9.17, 15) is 22.4 Å². The van der Waals surface area contributed by atoms with Gasteiger partial charge in [0.2, 0.25) is 10.0 Å². The van der Waals surface area contributed by atoms with Gasteiger partial charge >= 0.3 is 5.97 Å². The summed E-state index contributed by atoms with van der Waals surface area (Å²) in [7, 11) is -3.88. The van der Waals surface area contributed by atoms with Gasteiger partial charge in [-0.1, -0.05) is 12.1 Å². The molecule has 0 unspecified atom stereocenters. The quantitative estimate of drug-likeness (QED) is 0.734. The summed E-state index contributed by atoms with van der Waals surface area (Å²) in [5.74, 6) is -1.76. The predicted molar refractivity (Wildman–Crippen MR) is 84.2 cm³/mol. The number of hydrogen-bond acceptors (Lipinski definition) is 6. The molecule has 0 saturated heterocycles. The van der Waals surface area contributed by atoms with Crippen molar-refractivity contribution in [3.63, 3.8) is 0 Å². The molecule has 0 spiro atoms. The Morgan fingerprint density at radius 3 is 2.50 bits per heavy atom. The lowest BCUT2D eigenvalue weighted by atomic mass is 10.2. The number of carbonyl (C=O) groups excluding carboxylic acids is 2. The van der Waals surface area contributed by atoms with Gasteiger partial charge in [0.25, 0.3) is 5.91 Å². The van der Waals surface area contributed by atoms with E-state index in [4.69, 9.17) is 9.88 Å². The number of rotatable bonds is 6. The summed E-state index contributed by atoms with van der Waals surface area (Å²) in [6.45, 7) is -0.370. The maximum atomic E-state index is 12.7. The minimum Gasteiger partial charge on any atom is -0.452 e. The van der Waals surface area contributed by atoms with Crippen molar-refractivity contribution in [1.29, 1.82) is 0 Å². The Balaban J connectivity index is 1.81. The molecule has 2 rings (SSSR count). The smallest absolute Gasteiger partial charge is 0.339 e. The van der Waals surface area contributed by atoms with Gasteiger partial charge in [-0.15, -0.1) is 11.3 Å². The van der Waals surface area contributed by atoms with E-state index in [-0.39, 0.29) is 22.1 Å². The molecule has 2 aromatic rings. The number of ether oxygens (including phenoxy) is 1. The molecule has 128 valence electrons. The van der Waals surface area contributed by atoms with E-state index in [2.05, 4.69) is 5.32 Å². The van der Waals surface area contributed by atoms with Crippen LogP contribution in [-0.2, 0) is 26.1 Å². The van der Waals surface area contributed by atoms with Gasteiger partial charge in [-0.2, -0.15) is 0 Å². The average molecular weight is 372 g/mol. The molecule has 0 aliphatic carbocycles. The van der Waals surface area contributed by atoms with Crippen LogP contribution < -0.4 is 10.5 Å². The van der Waals surface area contributed by atoms with E-state index >= 15 is 0 Å². The van der Waals surface area contributed by atoms with Crippen molar-refractivity contribution in [3.05, 3.63) is 52.7 Å². The van der Waals surface area contributed by atoms with Crippen molar-refractivity contribution in [2.24, 2.45) is 5.14 Å². The Bertz CT molecular complexity index is 846. The fourth-order valence-corrected chi connectivity index (χ4v) is 3.22. The third kappa shape index (κ3) is 5.11. The zero-order chi connectivity index (χ0) is 17.7. The van der Waals surface area contributed by atoms with Crippen molar-refractivity contribution in [2.45, 2.75) is 10.8 Å². The number of carbonyl (C=O) groups is 2. The number of esters is 1. The Labute approximate surface area is 141 Å². The van der Waals surface area contributed by atoms with Crippen LogP contribution in [0.5, 0.6) is 0 Å². The summed E-state index contributed by atoms with van der Waals surface area (Å²) in [6.07, 6.45) is 0. The Hall–Kier alpha value is -2.30. The van der Waals surface area contributed by atoms with Gasteiger partial charge in [0.1, 0.15) is 10.0 Å². The topological polar surface area (TPSA) is 116 Å². The molecular weight excluding hydrogens is 359 g/mol. The highest BCUT2D eigenvalue weighted by Crippen LogP contribution is 2.19. The van der Waals surface area contributed by atoms with Crippen LogP contribution in [0.2, 0.25) is 0 Å². The second-order valence-electron chi connectivity index (χ2n) is 4.68. The lowest BCUT2D eigenvalue weighted by molar-refractivity contribution is -0.124. The number of thiophene rings is 1. The standard InChI is InChI=1S/C14H13FN2O5S2/c15-11-3-1-9(2-4-11)6-17-12(18)7-22-14(19)10-5-13(23-8-10)24(16,20)21/h1-5,8H,6-7H2,(H,17,18)(H2,16,20,21). The van der Waals surface area contributed by atoms with E-state index < -0.39 is 28.5 Å². The molecular formula is C14H13FN2O5S2. The van der Waals surface area contributed by atoms with E-state index in [0.29, 0.717) is 5.56 Å². The highest BCUT2D eigenvalue weighted by atomic mass is 32.2. The van der Waals surface area contributed by atoms with Gasteiger partial charge in [-0.3, -0.25) is 4.79 Å². The minimum atomic E-state index is -3.88. The van der Waals surface area contributed by atoms with Gasteiger partial charge in [-0.25, -0.2) is 22.7 Å². The molecule has 0 saturated carbocycles. The molecule has 0 radical (unpaired) electrons. The maximum Gasteiger partial charge on any atom is 0.339 e. The first kappa shape index (κ1) is 18.0. The van der Waals surface area contributed by atoms with Crippen LogP contribution in [0, 0.1) is 5.82 Å². The molecule has 10 heteroatoms. The van der Waals surface area contributed by atoms with Gasteiger partial charge in [0.05, 0.1) is 5.56 Å². The summed E-state index contributed by atoms with van der Waals surface area (Å²) in [6, 6.07) is 6.64.